The molecule has 82 valence electrons. The molecule has 0 aromatic carbocycles. The molecule has 15 heavy (non-hydrogen) atoms. The fourth-order valence-corrected chi connectivity index (χ4v) is 5.46. The van der Waals surface area contributed by atoms with Gasteiger partial charge in [-0.05, 0) is 40.9 Å². The molecule has 0 amide bonds. The minimum atomic E-state index is 0. The zero-order valence-corrected chi connectivity index (χ0v) is 14.0. The molecular formula is C13H23NaS. The van der Waals surface area contributed by atoms with Gasteiger partial charge in [-0.25, -0.2) is 0 Å². The summed E-state index contributed by atoms with van der Waals surface area (Å²) in [7, 11) is 0. The van der Waals surface area contributed by atoms with E-state index in [2.05, 4.69) is 34.6 Å². The van der Waals surface area contributed by atoms with Crippen molar-refractivity contribution < 1.29 is 29.6 Å². The quantitative estimate of drug-likeness (QED) is 0.474. The maximum atomic E-state index is 5.44. The standard InChI is InChI=1S/C13H24S.Na/c1-11(2)9-6-7-10(11)13(5,8-14)12(9,3)4;/h9-10,14H,6-8H2,1-5H3;/q;+1/p-1. The predicted molar refractivity (Wildman–Crippen MR) is 64.1 cm³/mol. The average molecular weight is 234 g/mol. The summed E-state index contributed by atoms with van der Waals surface area (Å²) >= 11 is 5.44. The Hall–Kier alpha value is 1.35. The van der Waals surface area contributed by atoms with Crippen molar-refractivity contribution in [2.75, 3.05) is 5.75 Å². The Labute approximate surface area is 123 Å². The second-order valence-electron chi connectivity index (χ2n) is 6.79. The van der Waals surface area contributed by atoms with Crippen molar-refractivity contribution in [1.82, 2.24) is 0 Å². The summed E-state index contributed by atoms with van der Waals surface area (Å²) in [5, 5.41) is 0. The van der Waals surface area contributed by atoms with Gasteiger partial charge in [-0.1, -0.05) is 34.6 Å². The van der Waals surface area contributed by atoms with E-state index in [9.17, 15) is 0 Å². The summed E-state index contributed by atoms with van der Waals surface area (Å²) in [6.45, 7) is 12.3. The van der Waals surface area contributed by atoms with Gasteiger partial charge in [-0.3, -0.25) is 0 Å². The molecule has 0 spiro atoms. The van der Waals surface area contributed by atoms with E-state index in [-0.39, 0.29) is 29.6 Å². The molecule has 0 saturated heterocycles. The zero-order valence-electron chi connectivity index (χ0n) is 11.2. The molecule has 0 aromatic heterocycles. The fraction of sp³-hybridized carbons (Fsp3) is 1.00. The van der Waals surface area contributed by atoms with Gasteiger partial charge in [0.1, 0.15) is 0 Å². The van der Waals surface area contributed by atoms with Crippen LogP contribution in [0.5, 0.6) is 0 Å². The van der Waals surface area contributed by atoms with E-state index in [1.54, 1.807) is 0 Å². The second-order valence-corrected chi connectivity index (χ2v) is 7.08. The Morgan fingerprint density at radius 1 is 1.00 bits per heavy atom. The van der Waals surface area contributed by atoms with Crippen LogP contribution in [-0.4, -0.2) is 5.75 Å². The number of hydrogen-bond donors (Lipinski definition) is 0. The molecule has 0 radical (unpaired) electrons. The van der Waals surface area contributed by atoms with Crippen LogP contribution in [0, 0.1) is 28.1 Å². The monoisotopic (exact) mass is 234 g/mol. The van der Waals surface area contributed by atoms with Gasteiger partial charge in [0.15, 0.2) is 0 Å². The van der Waals surface area contributed by atoms with Crippen LogP contribution in [0.15, 0.2) is 0 Å². The Kier molecular flexibility index (Phi) is 3.78. The van der Waals surface area contributed by atoms with Crippen LogP contribution in [0.1, 0.15) is 47.5 Å². The molecule has 2 fully saturated rings. The molecule has 0 nitrogen and oxygen atoms in total. The van der Waals surface area contributed by atoms with Crippen LogP contribution in [0.2, 0.25) is 0 Å². The predicted octanol–water partition coefficient (Wildman–Crippen LogP) is 0.636. The first kappa shape index (κ1) is 14.4. The van der Waals surface area contributed by atoms with Crippen LogP contribution < -0.4 is 29.6 Å². The van der Waals surface area contributed by atoms with Crippen LogP contribution in [-0.2, 0) is 12.6 Å². The first-order valence-corrected chi connectivity index (χ1v) is 6.44. The summed E-state index contributed by atoms with van der Waals surface area (Å²) in [5.41, 5.74) is 1.37. The summed E-state index contributed by atoms with van der Waals surface area (Å²) in [5.74, 6) is 2.67. The molecule has 3 unspecified atom stereocenters. The minimum absolute atomic E-state index is 0. The average Bonchev–Trinajstić information content (AvgIpc) is 2.43. The first-order chi connectivity index (χ1) is 6.28. The third-order valence-corrected chi connectivity index (χ3v) is 6.55. The van der Waals surface area contributed by atoms with Gasteiger partial charge in [-0.15, -0.1) is 0 Å². The van der Waals surface area contributed by atoms with E-state index in [4.69, 9.17) is 12.6 Å². The molecule has 0 aliphatic heterocycles. The summed E-state index contributed by atoms with van der Waals surface area (Å²) in [4.78, 5) is 0. The van der Waals surface area contributed by atoms with Gasteiger partial charge in [0.25, 0.3) is 0 Å². The maximum Gasteiger partial charge on any atom is 1.00 e. The van der Waals surface area contributed by atoms with E-state index >= 15 is 0 Å². The number of hydrogen-bond acceptors (Lipinski definition) is 1. The minimum Gasteiger partial charge on any atom is -0.792 e. The van der Waals surface area contributed by atoms with Crippen molar-refractivity contribution in [1.29, 1.82) is 0 Å². The van der Waals surface area contributed by atoms with E-state index in [1.807, 2.05) is 0 Å². The van der Waals surface area contributed by atoms with Crippen molar-refractivity contribution >= 4 is 12.6 Å². The Morgan fingerprint density at radius 3 is 1.73 bits per heavy atom. The molecule has 0 heterocycles. The Morgan fingerprint density at radius 2 is 1.47 bits per heavy atom. The molecule has 0 aromatic rings. The second kappa shape index (κ2) is 3.93. The summed E-state index contributed by atoms with van der Waals surface area (Å²) < 4.78 is 0. The maximum absolute atomic E-state index is 5.44. The van der Waals surface area contributed by atoms with Crippen LogP contribution in [0.25, 0.3) is 0 Å². The summed E-state index contributed by atoms with van der Waals surface area (Å²) in [6, 6.07) is 0. The van der Waals surface area contributed by atoms with E-state index in [0.29, 0.717) is 16.2 Å². The van der Waals surface area contributed by atoms with Crippen molar-refractivity contribution in [3.63, 3.8) is 0 Å². The van der Waals surface area contributed by atoms with Crippen molar-refractivity contribution in [3.8, 4) is 0 Å². The van der Waals surface area contributed by atoms with Gasteiger partial charge >= 0.3 is 29.6 Å². The molecule has 2 heteroatoms. The normalized spacial score (nSPS) is 45.2. The zero-order chi connectivity index (χ0) is 10.8. The number of rotatable bonds is 1. The smallest absolute Gasteiger partial charge is 0.792 e. The molecule has 3 atom stereocenters. The molecule has 2 saturated carbocycles. The topological polar surface area (TPSA) is 0 Å². The Balaban J connectivity index is 0.00000112. The molecule has 2 bridgehead atoms. The molecular weight excluding hydrogens is 211 g/mol. The fourth-order valence-electron chi connectivity index (χ4n) is 4.88. The van der Waals surface area contributed by atoms with Gasteiger partial charge < -0.3 is 12.6 Å². The van der Waals surface area contributed by atoms with Gasteiger partial charge in [0, 0.05) is 0 Å². The molecule has 0 N–H and O–H groups in total. The van der Waals surface area contributed by atoms with Crippen molar-refractivity contribution in [2.24, 2.45) is 28.1 Å². The van der Waals surface area contributed by atoms with Crippen molar-refractivity contribution in [3.05, 3.63) is 0 Å². The van der Waals surface area contributed by atoms with Crippen LogP contribution >= 0.6 is 0 Å². The molecule has 2 aliphatic rings. The molecule has 2 rings (SSSR count). The van der Waals surface area contributed by atoms with E-state index in [0.717, 1.165) is 17.6 Å². The van der Waals surface area contributed by atoms with Crippen molar-refractivity contribution in [2.45, 2.75) is 47.5 Å². The third-order valence-electron chi connectivity index (χ3n) is 5.95. The summed E-state index contributed by atoms with van der Waals surface area (Å²) in [6.07, 6.45) is 2.84. The van der Waals surface area contributed by atoms with Gasteiger partial charge in [0.05, 0.1) is 0 Å². The SMILES string of the molecule is CC1(C)C2CCC1C(C)(C[S-])C2(C)C.[Na+]. The molecule has 2 aliphatic carbocycles. The third kappa shape index (κ3) is 1.53. The van der Waals surface area contributed by atoms with E-state index in [1.165, 1.54) is 12.8 Å². The van der Waals surface area contributed by atoms with Crippen LogP contribution in [0.4, 0.5) is 0 Å². The largest absolute Gasteiger partial charge is 1.00 e. The van der Waals surface area contributed by atoms with E-state index < -0.39 is 0 Å². The Bertz CT molecular complexity index is 259. The van der Waals surface area contributed by atoms with Gasteiger partial charge in [-0.2, -0.15) is 5.75 Å². The van der Waals surface area contributed by atoms with Crippen LogP contribution in [0.3, 0.4) is 0 Å². The van der Waals surface area contributed by atoms with Gasteiger partial charge in [0.2, 0.25) is 0 Å². The first-order valence-electron chi connectivity index (χ1n) is 5.86. The number of fused-ring (bicyclic) bond motifs is 2.